The van der Waals surface area contributed by atoms with Crippen LogP contribution in [0.1, 0.15) is 24.8 Å². The summed E-state index contributed by atoms with van der Waals surface area (Å²) in [5.74, 6) is 0.808. The first-order valence-corrected chi connectivity index (χ1v) is 7.28. The number of likely N-dealkylation sites (N-methyl/N-ethyl adjacent to an activating group) is 1. The summed E-state index contributed by atoms with van der Waals surface area (Å²) in [4.78, 5) is 2.50. The molecule has 1 aromatic rings. The van der Waals surface area contributed by atoms with Crippen molar-refractivity contribution >= 4 is 0 Å². The number of hydrogen-bond acceptors (Lipinski definition) is 2. The largest absolute Gasteiger partial charge is 0.310 e. The van der Waals surface area contributed by atoms with Crippen LogP contribution in [-0.2, 0) is 6.42 Å². The molecular formula is C16H24N2. The van der Waals surface area contributed by atoms with E-state index >= 15 is 0 Å². The minimum atomic E-state index is 0.713. The topological polar surface area (TPSA) is 15.3 Å². The summed E-state index contributed by atoms with van der Waals surface area (Å²) < 4.78 is 0. The van der Waals surface area contributed by atoms with Gasteiger partial charge in [-0.2, -0.15) is 0 Å². The molecule has 2 nitrogen and oxygen atoms in total. The van der Waals surface area contributed by atoms with Crippen LogP contribution in [0, 0.1) is 5.92 Å². The number of benzene rings is 1. The lowest BCUT2D eigenvalue weighted by Crippen LogP contribution is -2.48. The summed E-state index contributed by atoms with van der Waals surface area (Å²) in [7, 11) is 2.26. The third-order valence-corrected chi connectivity index (χ3v) is 4.14. The Kier molecular flexibility index (Phi) is 3.67. The van der Waals surface area contributed by atoms with Crippen molar-refractivity contribution in [1.29, 1.82) is 0 Å². The maximum Gasteiger partial charge on any atom is 0.0200 e. The number of nitrogens with one attached hydrogen (secondary N) is 1. The van der Waals surface area contributed by atoms with Crippen LogP contribution >= 0.6 is 0 Å². The first-order valence-electron chi connectivity index (χ1n) is 7.28. The maximum atomic E-state index is 3.80. The molecule has 2 heteroatoms. The van der Waals surface area contributed by atoms with Gasteiger partial charge in [0.2, 0.25) is 0 Å². The van der Waals surface area contributed by atoms with Crippen molar-refractivity contribution in [3.05, 3.63) is 35.9 Å². The van der Waals surface area contributed by atoms with E-state index in [9.17, 15) is 0 Å². The second-order valence-electron chi connectivity index (χ2n) is 6.15. The Balaban J connectivity index is 1.57. The molecule has 0 aromatic heterocycles. The Morgan fingerprint density at radius 1 is 1.11 bits per heavy atom. The fraction of sp³-hybridized carbons (Fsp3) is 0.625. The zero-order chi connectivity index (χ0) is 12.4. The zero-order valence-electron chi connectivity index (χ0n) is 11.3. The zero-order valence-corrected chi connectivity index (χ0v) is 11.3. The standard InChI is InChI=1S/C16H24N2/c1-18-11-14(9-13-5-3-2-4-6-13)10-16(12-18)17-15-7-8-15/h2-6,14-17H,7-12H2,1H3. The molecule has 1 N–H and O–H groups in total. The third-order valence-electron chi connectivity index (χ3n) is 4.14. The van der Waals surface area contributed by atoms with E-state index in [0.29, 0.717) is 6.04 Å². The Morgan fingerprint density at radius 2 is 1.89 bits per heavy atom. The van der Waals surface area contributed by atoms with Gasteiger partial charge in [0.1, 0.15) is 0 Å². The van der Waals surface area contributed by atoms with Gasteiger partial charge in [0.15, 0.2) is 0 Å². The molecule has 18 heavy (non-hydrogen) atoms. The Bertz CT molecular complexity index is 370. The van der Waals surface area contributed by atoms with E-state index in [-0.39, 0.29) is 0 Å². The molecule has 1 aromatic carbocycles. The highest BCUT2D eigenvalue weighted by molar-refractivity contribution is 5.15. The van der Waals surface area contributed by atoms with E-state index in [1.54, 1.807) is 0 Å². The molecule has 2 aliphatic rings. The number of hydrogen-bond donors (Lipinski definition) is 1. The number of nitrogens with zero attached hydrogens (tertiary/aromatic N) is 1. The van der Waals surface area contributed by atoms with Crippen LogP contribution in [0.5, 0.6) is 0 Å². The minimum absolute atomic E-state index is 0.713. The molecule has 1 heterocycles. The average molecular weight is 244 g/mol. The summed E-state index contributed by atoms with van der Waals surface area (Å²) in [5, 5.41) is 3.80. The predicted molar refractivity (Wildman–Crippen MR) is 75.7 cm³/mol. The van der Waals surface area contributed by atoms with Crippen LogP contribution in [0.15, 0.2) is 30.3 Å². The lowest BCUT2D eigenvalue weighted by Gasteiger charge is -2.36. The van der Waals surface area contributed by atoms with Gasteiger partial charge in [0, 0.05) is 25.2 Å². The first-order chi connectivity index (χ1) is 8.79. The highest BCUT2D eigenvalue weighted by atomic mass is 15.2. The second kappa shape index (κ2) is 5.41. The Hall–Kier alpha value is -0.860. The predicted octanol–water partition coefficient (Wildman–Crippen LogP) is 2.30. The smallest absolute Gasteiger partial charge is 0.0200 e. The van der Waals surface area contributed by atoms with Gasteiger partial charge < -0.3 is 10.2 Å². The minimum Gasteiger partial charge on any atom is -0.310 e. The van der Waals surface area contributed by atoms with Crippen molar-refractivity contribution in [3.8, 4) is 0 Å². The van der Waals surface area contributed by atoms with Gasteiger partial charge in [-0.15, -0.1) is 0 Å². The van der Waals surface area contributed by atoms with Gasteiger partial charge in [-0.05, 0) is 44.2 Å². The van der Waals surface area contributed by atoms with E-state index in [1.165, 1.54) is 44.3 Å². The van der Waals surface area contributed by atoms with Crippen LogP contribution in [0.4, 0.5) is 0 Å². The molecule has 1 aliphatic carbocycles. The van der Waals surface area contributed by atoms with Crippen LogP contribution in [-0.4, -0.2) is 37.1 Å². The molecule has 0 bridgehead atoms. The molecule has 0 radical (unpaired) electrons. The highest BCUT2D eigenvalue weighted by Crippen LogP contribution is 2.25. The van der Waals surface area contributed by atoms with E-state index in [1.807, 2.05) is 0 Å². The lowest BCUT2D eigenvalue weighted by molar-refractivity contribution is 0.168. The number of piperidine rings is 1. The van der Waals surface area contributed by atoms with Crippen molar-refractivity contribution in [2.45, 2.75) is 37.8 Å². The molecule has 2 unspecified atom stereocenters. The number of rotatable bonds is 4. The molecule has 98 valence electrons. The van der Waals surface area contributed by atoms with Gasteiger partial charge in [-0.25, -0.2) is 0 Å². The fourth-order valence-corrected chi connectivity index (χ4v) is 3.24. The fourth-order valence-electron chi connectivity index (χ4n) is 3.24. The van der Waals surface area contributed by atoms with E-state index < -0.39 is 0 Å². The first kappa shape index (κ1) is 12.2. The summed E-state index contributed by atoms with van der Waals surface area (Å²) in [5.41, 5.74) is 1.49. The van der Waals surface area contributed by atoms with Gasteiger partial charge in [0.05, 0.1) is 0 Å². The van der Waals surface area contributed by atoms with Crippen LogP contribution in [0.3, 0.4) is 0 Å². The van der Waals surface area contributed by atoms with E-state index in [0.717, 1.165) is 12.0 Å². The quantitative estimate of drug-likeness (QED) is 0.874. The highest BCUT2D eigenvalue weighted by Gasteiger charge is 2.30. The van der Waals surface area contributed by atoms with E-state index in [4.69, 9.17) is 0 Å². The van der Waals surface area contributed by atoms with Crippen LogP contribution < -0.4 is 5.32 Å². The SMILES string of the molecule is CN1CC(Cc2ccccc2)CC(NC2CC2)C1. The second-order valence-corrected chi connectivity index (χ2v) is 6.15. The molecule has 0 spiro atoms. The van der Waals surface area contributed by atoms with Crippen molar-refractivity contribution in [2.75, 3.05) is 20.1 Å². The lowest BCUT2D eigenvalue weighted by atomic mass is 9.89. The third kappa shape index (κ3) is 3.33. The summed E-state index contributed by atoms with van der Waals surface area (Å²) in [6.07, 6.45) is 5.36. The summed E-state index contributed by atoms with van der Waals surface area (Å²) in [6.45, 7) is 2.47. The van der Waals surface area contributed by atoms with Crippen LogP contribution in [0.2, 0.25) is 0 Å². The Morgan fingerprint density at radius 3 is 2.61 bits per heavy atom. The van der Waals surface area contributed by atoms with Gasteiger partial charge in [0.25, 0.3) is 0 Å². The Labute approximate surface area is 110 Å². The van der Waals surface area contributed by atoms with Gasteiger partial charge in [-0.1, -0.05) is 30.3 Å². The number of likely N-dealkylation sites (tertiary alicyclic amines) is 1. The maximum absolute atomic E-state index is 3.80. The van der Waals surface area contributed by atoms with Crippen molar-refractivity contribution < 1.29 is 0 Å². The molecule has 2 atom stereocenters. The van der Waals surface area contributed by atoms with Crippen molar-refractivity contribution in [2.24, 2.45) is 5.92 Å². The normalized spacial score (nSPS) is 29.4. The summed E-state index contributed by atoms with van der Waals surface area (Å²) in [6, 6.07) is 12.5. The molecule has 1 saturated carbocycles. The van der Waals surface area contributed by atoms with Gasteiger partial charge in [-0.3, -0.25) is 0 Å². The molecular weight excluding hydrogens is 220 g/mol. The molecule has 3 rings (SSSR count). The average Bonchev–Trinajstić information content (AvgIpc) is 3.13. The molecule has 1 saturated heterocycles. The molecule has 2 fully saturated rings. The summed E-state index contributed by atoms with van der Waals surface area (Å²) >= 11 is 0. The molecule has 1 aliphatic heterocycles. The van der Waals surface area contributed by atoms with Crippen molar-refractivity contribution in [3.63, 3.8) is 0 Å². The monoisotopic (exact) mass is 244 g/mol. The molecule has 0 amide bonds. The van der Waals surface area contributed by atoms with E-state index in [2.05, 4.69) is 47.6 Å². The van der Waals surface area contributed by atoms with Crippen LogP contribution in [0.25, 0.3) is 0 Å². The van der Waals surface area contributed by atoms with Gasteiger partial charge >= 0.3 is 0 Å². The van der Waals surface area contributed by atoms with Crippen molar-refractivity contribution in [1.82, 2.24) is 10.2 Å².